The lowest BCUT2D eigenvalue weighted by Gasteiger charge is -2.38. The van der Waals surface area contributed by atoms with Crippen LogP contribution in [0.3, 0.4) is 0 Å². The number of nitrogens with two attached hydrogens (primary N) is 1. The molecular weight excluding hydrogens is 566 g/mol. The summed E-state index contributed by atoms with van der Waals surface area (Å²) in [6, 6.07) is 16.8. The number of pyridine rings is 1. The quantitative estimate of drug-likeness (QED) is 0.0587. The van der Waals surface area contributed by atoms with Crippen LogP contribution in [0.5, 0.6) is 0 Å². The zero-order chi connectivity index (χ0) is 31.8. The highest BCUT2D eigenvalue weighted by molar-refractivity contribution is 5.95. The van der Waals surface area contributed by atoms with Crippen LogP contribution in [0, 0.1) is 5.41 Å². The number of amidine groups is 1. The van der Waals surface area contributed by atoms with Gasteiger partial charge in [-0.1, -0.05) is 12.1 Å². The fraction of sp³-hybridized carbons (Fsp3) is 0.355. The highest BCUT2D eigenvalue weighted by atomic mass is 16.5. The SMILES string of the molecule is CCOC(=O)CCN(c1ccccn1)[C@@H](c1ccc2c(c1)nc(CNc1ccc(C(=N)N)cc1)n2C)[C@@H](O)[C@H](O)[C@H](O)CO. The number of benzene rings is 2. The summed E-state index contributed by atoms with van der Waals surface area (Å²) in [7, 11) is 1.89. The molecule has 0 radical (unpaired) electrons. The molecule has 44 heavy (non-hydrogen) atoms. The lowest BCUT2D eigenvalue weighted by Crippen LogP contribution is -2.48. The smallest absolute Gasteiger partial charge is 0.307 e. The first-order valence-corrected chi connectivity index (χ1v) is 14.3. The van der Waals surface area contributed by atoms with Gasteiger partial charge in [-0.3, -0.25) is 10.2 Å². The molecule has 0 aliphatic rings. The number of nitrogen functional groups attached to an aromatic ring is 1. The minimum Gasteiger partial charge on any atom is -0.466 e. The average molecular weight is 606 g/mol. The number of ether oxygens (including phenoxy) is 1. The van der Waals surface area contributed by atoms with Gasteiger partial charge in [-0.25, -0.2) is 9.97 Å². The summed E-state index contributed by atoms with van der Waals surface area (Å²) in [5.41, 5.74) is 8.98. The van der Waals surface area contributed by atoms with Crippen molar-refractivity contribution in [1.82, 2.24) is 14.5 Å². The Balaban J connectivity index is 1.70. The van der Waals surface area contributed by atoms with Gasteiger partial charge in [-0.2, -0.15) is 0 Å². The van der Waals surface area contributed by atoms with Crippen molar-refractivity contribution in [2.75, 3.05) is 30.0 Å². The van der Waals surface area contributed by atoms with Crippen LogP contribution < -0.4 is 16.0 Å². The number of imidazole rings is 1. The van der Waals surface area contributed by atoms with E-state index in [-0.39, 0.29) is 25.4 Å². The van der Waals surface area contributed by atoms with E-state index < -0.39 is 36.9 Å². The van der Waals surface area contributed by atoms with E-state index >= 15 is 0 Å². The van der Waals surface area contributed by atoms with Crippen LogP contribution in [0.2, 0.25) is 0 Å². The highest BCUT2D eigenvalue weighted by Gasteiger charge is 2.37. The molecule has 0 aliphatic carbocycles. The average Bonchev–Trinajstić information content (AvgIpc) is 3.35. The van der Waals surface area contributed by atoms with Crippen LogP contribution in [0.25, 0.3) is 11.0 Å². The van der Waals surface area contributed by atoms with Gasteiger partial charge in [0.05, 0.1) is 43.3 Å². The number of aliphatic hydroxyl groups is 4. The molecule has 8 N–H and O–H groups in total. The van der Waals surface area contributed by atoms with Crippen molar-refractivity contribution < 1.29 is 30.0 Å². The van der Waals surface area contributed by atoms with E-state index in [2.05, 4.69) is 10.3 Å². The summed E-state index contributed by atoms with van der Waals surface area (Å²) in [5.74, 6) is 0.704. The lowest BCUT2D eigenvalue weighted by molar-refractivity contribution is -0.142. The van der Waals surface area contributed by atoms with E-state index in [1.807, 2.05) is 29.8 Å². The topological polar surface area (TPSA) is 203 Å². The molecule has 0 spiro atoms. The summed E-state index contributed by atoms with van der Waals surface area (Å²) in [4.78, 5) is 23.2. The van der Waals surface area contributed by atoms with Gasteiger partial charge in [0, 0.05) is 31.0 Å². The largest absolute Gasteiger partial charge is 0.466 e. The molecule has 0 fully saturated rings. The molecule has 13 nitrogen and oxygen atoms in total. The van der Waals surface area contributed by atoms with Crippen molar-refractivity contribution in [3.8, 4) is 0 Å². The van der Waals surface area contributed by atoms with Crippen LogP contribution in [-0.2, 0) is 23.1 Å². The number of fused-ring (bicyclic) bond motifs is 1. The highest BCUT2D eigenvalue weighted by Crippen LogP contribution is 2.33. The van der Waals surface area contributed by atoms with Crippen LogP contribution >= 0.6 is 0 Å². The Morgan fingerprint density at radius 2 is 1.86 bits per heavy atom. The Bertz CT molecular complexity index is 1550. The van der Waals surface area contributed by atoms with E-state index in [1.54, 1.807) is 60.5 Å². The number of aryl methyl sites for hydroxylation is 1. The van der Waals surface area contributed by atoms with Crippen molar-refractivity contribution in [2.24, 2.45) is 12.8 Å². The summed E-state index contributed by atoms with van der Waals surface area (Å²) in [5, 5.41) is 52.9. The third-order valence-corrected chi connectivity index (χ3v) is 7.38. The Labute approximate surface area is 255 Å². The standard InChI is InChI=1S/C31H39N7O6/c1-3-44-27(41)13-15-38(25-6-4-5-14-34-25)28(30(43)29(42)24(40)18-39)20-9-12-23-22(16-20)36-26(37(23)2)17-35-21-10-7-19(8-11-21)31(32)33/h4-12,14,16,24,28-30,35,39-40,42-43H,3,13,15,17-18H2,1-2H3,(H3,32,33)/t24-,28+,29-,30-/m1/s1. The van der Waals surface area contributed by atoms with Crippen LogP contribution in [0.15, 0.2) is 66.9 Å². The maximum Gasteiger partial charge on any atom is 0.307 e. The number of hydrogen-bond donors (Lipinski definition) is 7. The molecule has 234 valence electrons. The van der Waals surface area contributed by atoms with Crippen molar-refractivity contribution in [2.45, 2.75) is 44.2 Å². The number of anilines is 2. The first-order chi connectivity index (χ1) is 21.1. The first-order valence-electron chi connectivity index (χ1n) is 14.3. The van der Waals surface area contributed by atoms with Crippen LogP contribution in [0.4, 0.5) is 11.5 Å². The van der Waals surface area contributed by atoms with Gasteiger partial charge in [0.15, 0.2) is 0 Å². The second-order valence-electron chi connectivity index (χ2n) is 10.3. The number of hydrogen-bond acceptors (Lipinski definition) is 11. The molecule has 13 heteroatoms. The van der Waals surface area contributed by atoms with Crippen molar-refractivity contribution in [3.05, 3.63) is 83.8 Å². The summed E-state index contributed by atoms with van der Waals surface area (Å²) < 4.78 is 7.05. The molecule has 2 heterocycles. The first kappa shape index (κ1) is 32.4. The molecule has 4 aromatic rings. The van der Waals surface area contributed by atoms with E-state index in [0.717, 1.165) is 17.0 Å². The minimum absolute atomic E-state index is 0.00739. The van der Waals surface area contributed by atoms with Gasteiger partial charge >= 0.3 is 5.97 Å². The van der Waals surface area contributed by atoms with Gasteiger partial charge in [0.2, 0.25) is 0 Å². The number of aromatic nitrogens is 3. The van der Waals surface area contributed by atoms with E-state index in [4.69, 9.17) is 20.9 Å². The normalized spacial score (nSPS) is 14.0. The Morgan fingerprint density at radius 1 is 1.11 bits per heavy atom. The zero-order valence-electron chi connectivity index (χ0n) is 24.7. The second kappa shape index (κ2) is 14.8. The third-order valence-electron chi connectivity index (χ3n) is 7.38. The minimum atomic E-state index is -1.72. The number of nitrogens with zero attached hydrogens (tertiary/aromatic N) is 4. The fourth-order valence-corrected chi connectivity index (χ4v) is 5.01. The van der Waals surface area contributed by atoms with Crippen LogP contribution in [-0.4, -0.2) is 84.8 Å². The number of esters is 1. The molecule has 2 aromatic carbocycles. The van der Waals surface area contributed by atoms with Gasteiger partial charge in [0.1, 0.15) is 35.8 Å². The third kappa shape index (κ3) is 7.50. The molecule has 0 aliphatic heterocycles. The van der Waals surface area contributed by atoms with E-state index in [1.165, 1.54) is 0 Å². The Morgan fingerprint density at radius 3 is 2.50 bits per heavy atom. The van der Waals surface area contributed by atoms with Crippen molar-refractivity contribution in [1.29, 1.82) is 5.41 Å². The molecule has 4 rings (SSSR count). The van der Waals surface area contributed by atoms with Crippen molar-refractivity contribution >= 4 is 34.3 Å². The summed E-state index contributed by atoms with van der Waals surface area (Å²) >= 11 is 0. The number of nitrogens with one attached hydrogen (secondary N) is 2. The number of aliphatic hydroxyl groups excluding tert-OH is 4. The molecule has 2 aromatic heterocycles. The molecule has 0 bridgehead atoms. The van der Waals surface area contributed by atoms with Gasteiger partial charge in [0.25, 0.3) is 0 Å². The number of carbonyl (C=O) groups excluding carboxylic acids is 1. The molecule has 0 amide bonds. The van der Waals surface area contributed by atoms with Crippen molar-refractivity contribution in [3.63, 3.8) is 0 Å². The number of carbonyl (C=O) groups is 1. The number of rotatable bonds is 15. The second-order valence-corrected chi connectivity index (χ2v) is 10.3. The van der Waals surface area contributed by atoms with Gasteiger partial charge in [-0.15, -0.1) is 0 Å². The molecule has 0 unspecified atom stereocenters. The lowest BCUT2D eigenvalue weighted by atomic mass is 9.93. The predicted molar refractivity (Wildman–Crippen MR) is 166 cm³/mol. The maximum absolute atomic E-state index is 12.3. The Kier molecular flexibility index (Phi) is 10.8. The van der Waals surface area contributed by atoms with Crippen LogP contribution in [0.1, 0.15) is 36.3 Å². The fourth-order valence-electron chi connectivity index (χ4n) is 5.01. The predicted octanol–water partition coefficient (Wildman–Crippen LogP) is 1.44. The summed E-state index contributed by atoms with van der Waals surface area (Å²) in [6.45, 7) is 1.64. The van der Waals surface area contributed by atoms with Gasteiger partial charge in [-0.05, 0) is 61.0 Å². The molecule has 4 atom stereocenters. The van der Waals surface area contributed by atoms with E-state index in [0.29, 0.717) is 29.0 Å². The zero-order valence-corrected chi connectivity index (χ0v) is 24.7. The molecule has 0 saturated heterocycles. The molecular formula is C31H39N7O6. The molecule has 0 saturated carbocycles. The van der Waals surface area contributed by atoms with E-state index in [9.17, 15) is 25.2 Å². The monoisotopic (exact) mass is 605 g/mol. The van der Waals surface area contributed by atoms with Gasteiger partial charge < -0.3 is 45.7 Å². The summed E-state index contributed by atoms with van der Waals surface area (Å²) in [6.07, 6.45) is -3.37. The Hall–Kier alpha value is -4.56. The maximum atomic E-state index is 12.3.